The summed E-state index contributed by atoms with van der Waals surface area (Å²) in [5, 5.41) is 0.455. The van der Waals surface area contributed by atoms with Gasteiger partial charge in [0.1, 0.15) is 11.5 Å². The third-order valence-corrected chi connectivity index (χ3v) is 3.45. The first kappa shape index (κ1) is 13.8. The van der Waals surface area contributed by atoms with E-state index >= 15 is 0 Å². The van der Waals surface area contributed by atoms with Crippen molar-refractivity contribution in [3.63, 3.8) is 0 Å². The van der Waals surface area contributed by atoms with E-state index in [0.29, 0.717) is 32.2 Å². The molecule has 0 fully saturated rings. The van der Waals surface area contributed by atoms with Gasteiger partial charge in [0.2, 0.25) is 0 Å². The maximum Gasteiger partial charge on any atom is 0.164 e. The Balaban J connectivity index is 2.46. The second-order valence-electron chi connectivity index (χ2n) is 3.84. The molecule has 2 N–H and O–H groups in total. The highest BCUT2D eigenvalue weighted by atomic mass is 79.9. The van der Waals surface area contributed by atoms with E-state index < -0.39 is 0 Å². The fourth-order valence-electron chi connectivity index (χ4n) is 1.56. The lowest BCUT2D eigenvalue weighted by Crippen LogP contribution is -2.01. The molecule has 2 aromatic rings. The van der Waals surface area contributed by atoms with Crippen LogP contribution in [0.2, 0.25) is 5.02 Å². The second-order valence-corrected chi connectivity index (χ2v) is 5.07. The maximum absolute atomic E-state index is 11.7. The van der Waals surface area contributed by atoms with Crippen LogP contribution in [0, 0.1) is 0 Å². The fraction of sp³-hybridized carbons (Fsp3) is 0.0769. The number of nitrogens with two attached hydrogens (primary N) is 1. The highest BCUT2D eigenvalue weighted by Gasteiger charge is 2.16. The number of rotatable bonds is 3. The molecule has 98 valence electrons. The van der Waals surface area contributed by atoms with Gasteiger partial charge in [0.15, 0.2) is 5.78 Å². The van der Waals surface area contributed by atoms with Crippen LogP contribution >= 0.6 is 27.5 Å². The smallest absolute Gasteiger partial charge is 0.164 e. The summed E-state index contributed by atoms with van der Waals surface area (Å²) in [7, 11) is 0. The minimum absolute atomic E-state index is 0.149. The van der Waals surface area contributed by atoms with Gasteiger partial charge in [0, 0.05) is 18.0 Å². The molecule has 4 nitrogen and oxygen atoms in total. The van der Waals surface area contributed by atoms with E-state index in [4.69, 9.17) is 22.1 Å². The van der Waals surface area contributed by atoms with E-state index in [2.05, 4.69) is 20.9 Å². The van der Waals surface area contributed by atoms with E-state index in [1.165, 1.54) is 19.3 Å². The summed E-state index contributed by atoms with van der Waals surface area (Å²) in [6.45, 7) is 1.45. The maximum atomic E-state index is 11.7. The van der Waals surface area contributed by atoms with Crippen molar-refractivity contribution >= 4 is 39.0 Å². The van der Waals surface area contributed by atoms with Gasteiger partial charge in [0.05, 0.1) is 21.3 Å². The molecule has 0 atom stereocenters. The predicted octanol–water partition coefficient (Wildman–Crippen LogP) is 4.07. The number of anilines is 1. The second kappa shape index (κ2) is 5.59. The van der Waals surface area contributed by atoms with Crippen molar-refractivity contribution in [1.82, 2.24) is 4.98 Å². The van der Waals surface area contributed by atoms with E-state index in [9.17, 15) is 4.79 Å². The molecule has 0 bridgehead atoms. The monoisotopic (exact) mass is 340 g/mol. The standard InChI is InChI=1S/C13H10BrClN2O2/c1-7(18)12-11(3-2-10(16)13(12)14)19-9-4-8(15)5-17-6-9/h2-6H,16H2,1H3. The molecule has 1 aromatic heterocycles. The zero-order valence-corrected chi connectivity index (χ0v) is 12.3. The zero-order chi connectivity index (χ0) is 14.0. The van der Waals surface area contributed by atoms with Crippen LogP contribution in [-0.4, -0.2) is 10.8 Å². The summed E-state index contributed by atoms with van der Waals surface area (Å²) in [6.07, 6.45) is 3.01. The normalized spacial score (nSPS) is 10.3. The Morgan fingerprint density at radius 3 is 2.79 bits per heavy atom. The van der Waals surface area contributed by atoms with Gasteiger partial charge in [-0.15, -0.1) is 0 Å². The lowest BCUT2D eigenvalue weighted by molar-refractivity contribution is 0.101. The summed E-state index contributed by atoms with van der Waals surface area (Å²) in [5.41, 5.74) is 6.62. The number of carbonyl (C=O) groups is 1. The lowest BCUT2D eigenvalue weighted by atomic mass is 10.1. The molecule has 6 heteroatoms. The summed E-state index contributed by atoms with van der Waals surface area (Å²) in [5.74, 6) is 0.702. The Bertz CT molecular complexity index is 647. The Hall–Kier alpha value is -1.59. The van der Waals surface area contributed by atoms with Crippen LogP contribution in [0.5, 0.6) is 11.5 Å². The number of hydrogen-bond donors (Lipinski definition) is 1. The Morgan fingerprint density at radius 1 is 1.42 bits per heavy atom. The van der Waals surface area contributed by atoms with Crippen molar-refractivity contribution in [1.29, 1.82) is 0 Å². The highest BCUT2D eigenvalue weighted by molar-refractivity contribution is 9.10. The number of halogens is 2. The molecule has 0 aliphatic rings. The highest BCUT2D eigenvalue weighted by Crippen LogP contribution is 2.35. The van der Waals surface area contributed by atoms with E-state index in [1.807, 2.05) is 0 Å². The first-order valence-electron chi connectivity index (χ1n) is 5.36. The van der Waals surface area contributed by atoms with Crippen LogP contribution in [0.1, 0.15) is 17.3 Å². The van der Waals surface area contributed by atoms with Crippen LogP contribution in [0.4, 0.5) is 5.69 Å². The van der Waals surface area contributed by atoms with Gasteiger partial charge >= 0.3 is 0 Å². The molecule has 0 unspecified atom stereocenters. The molecule has 0 spiro atoms. The Morgan fingerprint density at radius 2 is 2.16 bits per heavy atom. The molecule has 0 amide bonds. The van der Waals surface area contributed by atoms with Gasteiger partial charge in [-0.1, -0.05) is 11.6 Å². The summed E-state index contributed by atoms with van der Waals surface area (Å²) in [4.78, 5) is 15.6. The van der Waals surface area contributed by atoms with Gasteiger partial charge in [-0.2, -0.15) is 0 Å². The van der Waals surface area contributed by atoms with Gasteiger partial charge in [0.25, 0.3) is 0 Å². The largest absolute Gasteiger partial charge is 0.455 e. The third kappa shape index (κ3) is 3.05. The molecular weight excluding hydrogens is 332 g/mol. The Labute approximate surface area is 123 Å². The molecule has 0 radical (unpaired) electrons. The molecule has 0 saturated carbocycles. The van der Waals surface area contributed by atoms with Gasteiger partial charge < -0.3 is 10.5 Å². The summed E-state index contributed by atoms with van der Waals surface area (Å²) in [6, 6.07) is 4.91. The van der Waals surface area contributed by atoms with Crippen molar-refractivity contribution < 1.29 is 9.53 Å². The van der Waals surface area contributed by atoms with Crippen molar-refractivity contribution in [2.45, 2.75) is 6.92 Å². The van der Waals surface area contributed by atoms with Gasteiger partial charge in [-0.25, -0.2) is 0 Å². The van der Waals surface area contributed by atoms with Gasteiger partial charge in [-0.3, -0.25) is 9.78 Å². The minimum Gasteiger partial charge on any atom is -0.455 e. The lowest BCUT2D eigenvalue weighted by Gasteiger charge is -2.12. The minimum atomic E-state index is -0.149. The fourth-order valence-corrected chi connectivity index (χ4v) is 2.33. The van der Waals surface area contributed by atoms with Crippen molar-refractivity contribution in [2.75, 3.05) is 5.73 Å². The quantitative estimate of drug-likeness (QED) is 0.675. The number of nitrogens with zero attached hydrogens (tertiary/aromatic N) is 1. The number of pyridine rings is 1. The van der Waals surface area contributed by atoms with Crippen molar-refractivity contribution in [3.8, 4) is 11.5 Å². The van der Waals surface area contributed by atoms with Crippen LogP contribution in [-0.2, 0) is 0 Å². The summed E-state index contributed by atoms with van der Waals surface area (Å²) >= 11 is 9.12. The first-order chi connectivity index (χ1) is 8.99. The number of hydrogen-bond acceptors (Lipinski definition) is 4. The molecule has 1 heterocycles. The number of nitrogen functional groups attached to an aromatic ring is 1. The molecule has 2 rings (SSSR count). The molecule has 0 aliphatic heterocycles. The number of benzene rings is 1. The first-order valence-corrected chi connectivity index (χ1v) is 6.53. The molecule has 1 aromatic carbocycles. The molecule has 0 aliphatic carbocycles. The van der Waals surface area contributed by atoms with Crippen LogP contribution in [0.25, 0.3) is 0 Å². The average Bonchev–Trinajstić information content (AvgIpc) is 2.33. The van der Waals surface area contributed by atoms with Crippen LogP contribution in [0.3, 0.4) is 0 Å². The number of Topliss-reactive ketones (excluding diaryl/α,β-unsaturated/α-hetero) is 1. The predicted molar refractivity (Wildman–Crippen MR) is 77.9 cm³/mol. The topological polar surface area (TPSA) is 65.2 Å². The number of ketones is 1. The number of ether oxygens (including phenoxy) is 1. The van der Waals surface area contributed by atoms with Gasteiger partial charge in [-0.05, 0) is 35.0 Å². The SMILES string of the molecule is CC(=O)c1c(Oc2cncc(Cl)c2)ccc(N)c1Br. The Kier molecular flexibility index (Phi) is 4.07. The van der Waals surface area contributed by atoms with Crippen LogP contribution < -0.4 is 10.5 Å². The van der Waals surface area contributed by atoms with Crippen molar-refractivity contribution in [2.24, 2.45) is 0 Å². The molecular formula is C13H10BrClN2O2. The summed E-state index contributed by atoms with van der Waals surface area (Å²) < 4.78 is 6.15. The van der Waals surface area contributed by atoms with E-state index in [0.717, 1.165) is 0 Å². The van der Waals surface area contributed by atoms with E-state index in [1.54, 1.807) is 18.2 Å². The third-order valence-electron chi connectivity index (χ3n) is 2.39. The number of carbonyl (C=O) groups excluding carboxylic acids is 1. The zero-order valence-electron chi connectivity index (χ0n) is 9.98. The van der Waals surface area contributed by atoms with Crippen molar-refractivity contribution in [3.05, 3.63) is 45.7 Å². The number of aromatic nitrogens is 1. The van der Waals surface area contributed by atoms with Crippen LogP contribution in [0.15, 0.2) is 35.1 Å². The average molecular weight is 342 g/mol. The molecule has 0 saturated heterocycles. The van der Waals surface area contributed by atoms with E-state index in [-0.39, 0.29) is 5.78 Å². The molecule has 19 heavy (non-hydrogen) atoms.